The van der Waals surface area contributed by atoms with E-state index in [1.54, 1.807) is 0 Å². The first kappa shape index (κ1) is 43.8. The van der Waals surface area contributed by atoms with Crippen molar-refractivity contribution in [2.24, 2.45) is 92.7 Å². The lowest BCUT2D eigenvalue weighted by molar-refractivity contribution is -0.174. The van der Waals surface area contributed by atoms with Crippen molar-refractivity contribution < 1.29 is 30.0 Å². The molecule has 330 valence electrons. The largest absolute Gasteiger partial charge is 0.393 e. The van der Waals surface area contributed by atoms with Crippen LogP contribution in [0.5, 0.6) is 0 Å². The van der Waals surface area contributed by atoms with Crippen LogP contribution in [0.1, 0.15) is 196 Å². The van der Waals surface area contributed by atoms with Crippen molar-refractivity contribution in [3.05, 3.63) is 0 Å². The maximum Gasteiger partial charge on any atom is 0.132 e. The molecule has 58 heavy (non-hydrogen) atoms. The number of rotatable bonds is 13. The fraction of sp³-hybridized carbons (Fsp3) is 0.962. The molecule has 8 saturated carbocycles. The van der Waals surface area contributed by atoms with Crippen molar-refractivity contribution in [2.75, 3.05) is 0 Å². The van der Waals surface area contributed by atoms with Gasteiger partial charge in [-0.1, -0.05) is 41.5 Å². The van der Waals surface area contributed by atoms with E-state index in [0.717, 1.165) is 77.0 Å². The molecule has 8 fully saturated rings. The number of carbonyl (C=O) groups is 2. The smallest absolute Gasteiger partial charge is 0.132 e. The minimum Gasteiger partial charge on any atom is -0.393 e. The van der Waals surface area contributed by atoms with E-state index in [2.05, 4.69) is 41.5 Å². The molecule has 0 aromatic rings. The summed E-state index contributed by atoms with van der Waals surface area (Å²) in [5.41, 5.74) is 1.01. The number of aliphatic hydroxyl groups excluding tert-OH is 4. The summed E-state index contributed by atoms with van der Waals surface area (Å²) in [6.07, 6.45) is 22.5. The van der Waals surface area contributed by atoms with E-state index < -0.39 is 0 Å². The Bertz CT molecular complexity index is 1370. The van der Waals surface area contributed by atoms with Gasteiger partial charge < -0.3 is 20.4 Å². The number of fused-ring (bicyclic) bond motifs is 10. The highest BCUT2D eigenvalue weighted by atomic mass is 16.3. The highest BCUT2D eigenvalue weighted by Gasteiger charge is 2.64. The number of aliphatic hydroxyl groups is 4. The average Bonchev–Trinajstić information content (AvgIpc) is 3.73. The number of unbranched alkanes of at least 4 members (excludes halogenated alkanes) is 1. The monoisotopic (exact) mass is 807 g/mol. The molecular formula is C52H86O6. The molecule has 0 amide bonds. The second-order valence-corrected chi connectivity index (χ2v) is 24.2. The number of carbonyl (C=O) groups excluding carboxylic acids is 2. The van der Waals surface area contributed by atoms with Crippen LogP contribution in [0.3, 0.4) is 0 Å². The number of hydrogen-bond acceptors (Lipinski definition) is 6. The third-order valence-corrected chi connectivity index (χ3v) is 21.7. The standard InChI is InChI=1S/C52H86O6/c1-31(39-15-17-41-47-43(21-25-51(39,41)5)49(3)23-19-37(55)27-33(49)29-45(47)57)11-13-35(53)9-7-8-10-36(54)14-12-32(2)40-16-18-42-48-44(22-26-52(40,42)6)50(4)24-20-38(56)28-34(50)30-46(48)58/h31-34,37-48,55-58H,7-30H2,1-6H3/t31-,32+,33?,34?,37-,38-,39-,40-,41?,42?,43+,44+,45+,46+,47+,48+,49+,50+,51-,52-/m1/s1. The number of Topliss-reactive ketones (excluding diaryl/α,β-unsaturated/α-hetero) is 2. The summed E-state index contributed by atoms with van der Waals surface area (Å²) >= 11 is 0. The molecule has 0 aromatic heterocycles. The summed E-state index contributed by atoms with van der Waals surface area (Å²) in [6, 6.07) is 0. The van der Waals surface area contributed by atoms with Gasteiger partial charge in [-0.2, -0.15) is 0 Å². The Kier molecular flexibility index (Phi) is 12.6. The van der Waals surface area contributed by atoms with E-state index in [-0.39, 0.29) is 46.1 Å². The van der Waals surface area contributed by atoms with Crippen LogP contribution in [-0.2, 0) is 9.59 Å². The normalized spacial score (nSPS) is 50.7. The van der Waals surface area contributed by atoms with Gasteiger partial charge in [-0.15, -0.1) is 0 Å². The van der Waals surface area contributed by atoms with E-state index in [0.29, 0.717) is 108 Å². The zero-order valence-electron chi connectivity index (χ0n) is 37.8. The molecule has 20 atom stereocenters. The molecule has 0 aromatic carbocycles. The van der Waals surface area contributed by atoms with E-state index >= 15 is 0 Å². The molecule has 8 rings (SSSR count). The molecule has 0 spiro atoms. The Labute approximate surface area is 353 Å². The summed E-state index contributed by atoms with van der Waals surface area (Å²) in [5, 5.41) is 44.1. The van der Waals surface area contributed by atoms with Crippen LogP contribution >= 0.6 is 0 Å². The Morgan fingerprint density at radius 2 is 0.845 bits per heavy atom. The third-order valence-electron chi connectivity index (χ3n) is 21.7. The van der Waals surface area contributed by atoms with E-state index in [1.165, 1.54) is 51.4 Å². The summed E-state index contributed by atoms with van der Waals surface area (Å²) < 4.78 is 0. The average molecular weight is 807 g/mol. The molecule has 0 radical (unpaired) electrons. The van der Waals surface area contributed by atoms with Crippen LogP contribution in [0, 0.1) is 92.7 Å². The van der Waals surface area contributed by atoms with Crippen LogP contribution in [0.25, 0.3) is 0 Å². The summed E-state index contributed by atoms with van der Waals surface area (Å²) in [4.78, 5) is 26.3. The van der Waals surface area contributed by atoms with Crippen molar-refractivity contribution in [1.82, 2.24) is 0 Å². The van der Waals surface area contributed by atoms with Gasteiger partial charge in [0.2, 0.25) is 0 Å². The zero-order chi connectivity index (χ0) is 41.4. The topological polar surface area (TPSA) is 115 Å². The first-order valence-electron chi connectivity index (χ1n) is 25.2. The third kappa shape index (κ3) is 7.58. The molecule has 4 unspecified atom stereocenters. The predicted molar refractivity (Wildman–Crippen MR) is 231 cm³/mol. The van der Waals surface area contributed by atoms with Gasteiger partial charge in [0.05, 0.1) is 24.4 Å². The van der Waals surface area contributed by atoms with E-state index in [4.69, 9.17) is 0 Å². The Morgan fingerprint density at radius 3 is 1.24 bits per heavy atom. The maximum absolute atomic E-state index is 13.1. The highest BCUT2D eigenvalue weighted by Crippen LogP contribution is 2.70. The van der Waals surface area contributed by atoms with Crippen molar-refractivity contribution in [3.8, 4) is 0 Å². The van der Waals surface area contributed by atoms with Gasteiger partial charge in [-0.05, 0) is 221 Å². The number of ketones is 2. The van der Waals surface area contributed by atoms with Crippen LogP contribution in [0.2, 0.25) is 0 Å². The highest BCUT2D eigenvalue weighted by molar-refractivity contribution is 5.79. The van der Waals surface area contributed by atoms with Crippen LogP contribution in [0.4, 0.5) is 0 Å². The van der Waals surface area contributed by atoms with Crippen molar-refractivity contribution >= 4 is 11.6 Å². The van der Waals surface area contributed by atoms with E-state index in [9.17, 15) is 30.0 Å². The lowest BCUT2D eigenvalue weighted by atomic mass is 9.43. The second kappa shape index (κ2) is 16.7. The summed E-state index contributed by atoms with van der Waals surface area (Å²) in [5.74, 6) is 6.96. The zero-order valence-corrected chi connectivity index (χ0v) is 37.8. The van der Waals surface area contributed by atoms with Crippen LogP contribution in [0.15, 0.2) is 0 Å². The van der Waals surface area contributed by atoms with Gasteiger partial charge in [0, 0.05) is 25.7 Å². The molecule has 0 saturated heterocycles. The quantitative estimate of drug-likeness (QED) is 0.138. The minimum atomic E-state index is -0.240. The van der Waals surface area contributed by atoms with Crippen LogP contribution in [-0.4, -0.2) is 56.4 Å². The molecule has 8 aliphatic rings. The fourth-order valence-electron chi connectivity index (χ4n) is 18.4. The maximum atomic E-state index is 13.1. The van der Waals surface area contributed by atoms with Gasteiger partial charge in [0.25, 0.3) is 0 Å². The van der Waals surface area contributed by atoms with Crippen LogP contribution < -0.4 is 0 Å². The lowest BCUT2D eigenvalue weighted by Gasteiger charge is -2.62. The van der Waals surface area contributed by atoms with E-state index in [1.807, 2.05) is 0 Å². The molecule has 8 aliphatic carbocycles. The Hall–Kier alpha value is -0.820. The van der Waals surface area contributed by atoms with Gasteiger partial charge in [-0.3, -0.25) is 9.59 Å². The van der Waals surface area contributed by atoms with Gasteiger partial charge in [0.1, 0.15) is 11.6 Å². The fourth-order valence-corrected chi connectivity index (χ4v) is 18.4. The Morgan fingerprint density at radius 1 is 0.483 bits per heavy atom. The first-order valence-corrected chi connectivity index (χ1v) is 25.2. The van der Waals surface area contributed by atoms with Gasteiger partial charge in [0.15, 0.2) is 0 Å². The predicted octanol–water partition coefficient (Wildman–Crippen LogP) is 10.5. The number of hydrogen-bond donors (Lipinski definition) is 4. The molecular weight excluding hydrogens is 721 g/mol. The van der Waals surface area contributed by atoms with Crippen molar-refractivity contribution in [3.63, 3.8) is 0 Å². The summed E-state index contributed by atoms with van der Waals surface area (Å²) in [7, 11) is 0. The minimum absolute atomic E-state index is 0.192. The van der Waals surface area contributed by atoms with Crippen molar-refractivity contribution in [2.45, 2.75) is 220 Å². The molecule has 6 heteroatoms. The molecule has 0 aliphatic heterocycles. The first-order chi connectivity index (χ1) is 27.5. The molecule has 6 nitrogen and oxygen atoms in total. The summed E-state index contributed by atoms with van der Waals surface area (Å²) in [6.45, 7) is 14.8. The SMILES string of the molecule is C[C@H](CCC(=O)CCCCC(=O)CC[C@H](C)[C@H]1CCC2[C@@H]3[C@@H](O)CC4C[C@H](O)CC[C@]4(C)[C@H]3CC[C@@]21C)[C@H]1CCC2[C@@H]3[C@@H](O)CC4C[C@H](O)CC[C@]4(C)[C@H]3CC[C@@]21C. The molecule has 0 bridgehead atoms. The second-order valence-electron chi connectivity index (χ2n) is 24.2. The Balaban J connectivity index is 0.746. The lowest BCUT2D eigenvalue weighted by Crippen LogP contribution is -2.58. The van der Waals surface area contributed by atoms with Gasteiger partial charge in [-0.25, -0.2) is 0 Å². The van der Waals surface area contributed by atoms with Crippen molar-refractivity contribution in [1.29, 1.82) is 0 Å². The molecule has 0 heterocycles. The molecule has 4 N–H and O–H groups in total. The van der Waals surface area contributed by atoms with Gasteiger partial charge >= 0.3 is 0 Å².